The highest BCUT2D eigenvalue weighted by Gasteiger charge is 2.10. The Morgan fingerprint density at radius 2 is 2.45 bits per heavy atom. The monoisotopic (exact) mass is 166 g/mol. The highest BCUT2D eigenvalue weighted by molar-refractivity contribution is 7.83. The summed E-state index contributed by atoms with van der Waals surface area (Å²) >= 11 is 0. The van der Waals surface area contributed by atoms with Gasteiger partial charge in [0.25, 0.3) is 0 Å². The van der Waals surface area contributed by atoms with E-state index in [0.29, 0.717) is 0 Å². The van der Waals surface area contributed by atoms with Gasteiger partial charge in [-0.05, 0) is 18.2 Å². The van der Waals surface area contributed by atoms with E-state index in [9.17, 15) is 4.21 Å². The lowest BCUT2D eigenvalue weighted by molar-refractivity contribution is 0.678. The van der Waals surface area contributed by atoms with Crippen molar-refractivity contribution < 1.29 is 4.21 Å². The van der Waals surface area contributed by atoms with Crippen LogP contribution in [0, 0.1) is 0 Å². The number of pyridine rings is 1. The second-order valence-corrected chi connectivity index (χ2v) is 3.32. The summed E-state index contributed by atoms with van der Waals surface area (Å²) in [5.41, 5.74) is 0.782. The molecule has 0 aromatic carbocycles. The van der Waals surface area contributed by atoms with Gasteiger partial charge in [0.2, 0.25) is 0 Å². The fourth-order valence-electron chi connectivity index (χ4n) is 0.923. The summed E-state index contributed by atoms with van der Waals surface area (Å²) in [4.78, 5) is 4.80. The molecule has 0 saturated carbocycles. The Morgan fingerprint density at radius 1 is 1.55 bits per heavy atom. The van der Waals surface area contributed by atoms with E-state index >= 15 is 0 Å². The predicted molar refractivity (Wildman–Crippen MR) is 42.8 cm³/mol. The first-order chi connectivity index (χ1) is 5.38. The van der Waals surface area contributed by atoms with Crippen LogP contribution in [0.25, 0.3) is 6.08 Å². The molecule has 1 N–H and O–H groups in total. The molecule has 0 aliphatic carbocycles. The molecule has 0 amide bonds. The SMILES string of the molecule is O=S1NC=Cc2ncccc21. The molecule has 56 valence electrons. The summed E-state index contributed by atoms with van der Waals surface area (Å²) < 4.78 is 13.9. The normalized spacial score (nSPS) is 20.5. The van der Waals surface area contributed by atoms with E-state index in [4.69, 9.17) is 0 Å². The number of hydrogen-bond donors (Lipinski definition) is 1. The van der Waals surface area contributed by atoms with Gasteiger partial charge >= 0.3 is 0 Å². The molecule has 0 fully saturated rings. The van der Waals surface area contributed by atoms with Crippen LogP contribution in [0.15, 0.2) is 29.4 Å². The van der Waals surface area contributed by atoms with Crippen molar-refractivity contribution >= 4 is 17.1 Å². The van der Waals surface area contributed by atoms with E-state index in [0.717, 1.165) is 10.6 Å². The zero-order chi connectivity index (χ0) is 7.68. The van der Waals surface area contributed by atoms with Crippen molar-refractivity contribution in [3.63, 3.8) is 0 Å². The van der Waals surface area contributed by atoms with Crippen LogP contribution in [-0.2, 0) is 11.0 Å². The van der Waals surface area contributed by atoms with Gasteiger partial charge < -0.3 is 4.72 Å². The summed E-state index contributed by atoms with van der Waals surface area (Å²) in [5.74, 6) is 0. The molecule has 0 bridgehead atoms. The fraction of sp³-hybridized carbons (Fsp3) is 0. The quantitative estimate of drug-likeness (QED) is 0.615. The number of hydrogen-bond acceptors (Lipinski definition) is 2. The van der Waals surface area contributed by atoms with Crippen molar-refractivity contribution in [1.82, 2.24) is 9.71 Å². The molecule has 1 aromatic heterocycles. The van der Waals surface area contributed by atoms with E-state index in [1.165, 1.54) is 0 Å². The Labute approximate surface area is 66.7 Å². The second-order valence-electron chi connectivity index (χ2n) is 2.11. The van der Waals surface area contributed by atoms with Gasteiger partial charge in [-0.3, -0.25) is 4.98 Å². The fourth-order valence-corrected chi connectivity index (χ4v) is 1.75. The smallest absolute Gasteiger partial charge is 0.152 e. The maximum absolute atomic E-state index is 11.2. The van der Waals surface area contributed by atoms with Gasteiger partial charge in [0.05, 0.1) is 10.6 Å². The first-order valence-corrected chi connectivity index (χ1v) is 4.32. The van der Waals surface area contributed by atoms with Crippen molar-refractivity contribution in [2.75, 3.05) is 0 Å². The largest absolute Gasteiger partial charge is 0.308 e. The molecule has 3 nitrogen and oxygen atoms in total. The molecule has 1 aromatic rings. The number of nitrogens with zero attached hydrogens (tertiary/aromatic N) is 1. The van der Waals surface area contributed by atoms with Crippen LogP contribution >= 0.6 is 0 Å². The van der Waals surface area contributed by atoms with Gasteiger partial charge in [-0.1, -0.05) is 0 Å². The Hall–Kier alpha value is -1.16. The summed E-state index contributed by atoms with van der Waals surface area (Å²) in [6.45, 7) is 0. The minimum atomic E-state index is -1.11. The molecule has 0 radical (unpaired) electrons. The number of aromatic nitrogens is 1. The Bertz CT molecular complexity index is 335. The average Bonchev–Trinajstić information content (AvgIpc) is 2.06. The van der Waals surface area contributed by atoms with Gasteiger partial charge in [-0.15, -0.1) is 0 Å². The molecular weight excluding hydrogens is 160 g/mol. The summed E-state index contributed by atoms with van der Waals surface area (Å²) in [5, 5.41) is 0. The van der Waals surface area contributed by atoms with Crippen LogP contribution in [0.1, 0.15) is 5.69 Å². The zero-order valence-corrected chi connectivity index (χ0v) is 6.47. The first-order valence-electron chi connectivity index (χ1n) is 3.17. The second kappa shape index (κ2) is 2.47. The van der Waals surface area contributed by atoms with Crippen molar-refractivity contribution in [3.05, 3.63) is 30.2 Å². The third-order valence-corrected chi connectivity index (χ3v) is 2.51. The van der Waals surface area contributed by atoms with E-state index < -0.39 is 11.0 Å². The van der Waals surface area contributed by atoms with Crippen LogP contribution in [0.3, 0.4) is 0 Å². The van der Waals surface area contributed by atoms with Gasteiger partial charge in [-0.2, -0.15) is 0 Å². The third kappa shape index (κ3) is 1.05. The highest BCUT2D eigenvalue weighted by atomic mass is 32.2. The van der Waals surface area contributed by atoms with Crippen LogP contribution in [0.2, 0.25) is 0 Å². The Morgan fingerprint density at radius 3 is 3.27 bits per heavy atom. The van der Waals surface area contributed by atoms with Crippen LogP contribution in [-0.4, -0.2) is 9.19 Å². The lowest BCUT2D eigenvalue weighted by Crippen LogP contribution is -2.14. The van der Waals surface area contributed by atoms with Crippen molar-refractivity contribution in [2.45, 2.75) is 4.90 Å². The van der Waals surface area contributed by atoms with E-state index in [1.807, 2.05) is 0 Å². The molecule has 11 heavy (non-hydrogen) atoms. The minimum absolute atomic E-state index is 0.745. The molecule has 2 rings (SSSR count). The zero-order valence-electron chi connectivity index (χ0n) is 5.65. The molecule has 0 saturated heterocycles. The van der Waals surface area contributed by atoms with Crippen LogP contribution in [0.5, 0.6) is 0 Å². The van der Waals surface area contributed by atoms with Crippen molar-refractivity contribution in [1.29, 1.82) is 0 Å². The lowest BCUT2D eigenvalue weighted by Gasteiger charge is -2.08. The predicted octanol–water partition coefficient (Wildman–Crippen LogP) is 0.678. The lowest BCUT2D eigenvalue weighted by atomic mass is 10.3. The van der Waals surface area contributed by atoms with Gasteiger partial charge in [0, 0.05) is 12.4 Å². The Kier molecular flexibility index (Phi) is 1.47. The van der Waals surface area contributed by atoms with Crippen molar-refractivity contribution in [2.24, 2.45) is 0 Å². The van der Waals surface area contributed by atoms with E-state index in [1.54, 1.807) is 30.6 Å². The topological polar surface area (TPSA) is 42.0 Å². The maximum Gasteiger partial charge on any atom is 0.152 e. The summed E-state index contributed by atoms with van der Waals surface area (Å²) in [7, 11) is -1.11. The summed E-state index contributed by atoms with van der Waals surface area (Å²) in [6.07, 6.45) is 5.13. The van der Waals surface area contributed by atoms with Gasteiger partial charge in [-0.25, -0.2) is 4.21 Å². The average molecular weight is 166 g/mol. The molecule has 1 atom stereocenters. The maximum atomic E-state index is 11.2. The molecule has 4 heteroatoms. The molecule has 2 heterocycles. The molecule has 1 unspecified atom stereocenters. The number of rotatable bonds is 0. The Balaban J connectivity index is 2.63. The molecular formula is C7H6N2OS. The van der Waals surface area contributed by atoms with Crippen LogP contribution in [0.4, 0.5) is 0 Å². The van der Waals surface area contributed by atoms with Gasteiger partial charge in [0.15, 0.2) is 11.0 Å². The minimum Gasteiger partial charge on any atom is -0.308 e. The standard InChI is InChI=1S/C7H6N2OS/c10-11-7-2-1-4-8-6(7)3-5-9-11/h1-5,9H. The number of nitrogens with one attached hydrogen (secondary N) is 1. The third-order valence-electron chi connectivity index (χ3n) is 1.42. The van der Waals surface area contributed by atoms with Crippen molar-refractivity contribution in [3.8, 4) is 0 Å². The first kappa shape index (κ1) is 6.54. The summed E-state index contributed by atoms with van der Waals surface area (Å²) in [6, 6.07) is 3.58. The van der Waals surface area contributed by atoms with Gasteiger partial charge in [0.1, 0.15) is 0 Å². The highest BCUT2D eigenvalue weighted by Crippen LogP contribution is 2.13. The van der Waals surface area contributed by atoms with E-state index in [2.05, 4.69) is 9.71 Å². The number of fused-ring (bicyclic) bond motifs is 1. The van der Waals surface area contributed by atoms with Crippen LogP contribution < -0.4 is 4.72 Å². The molecule has 0 spiro atoms. The van der Waals surface area contributed by atoms with E-state index in [-0.39, 0.29) is 0 Å². The molecule has 1 aliphatic heterocycles. The molecule has 1 aliphatic rings.